The van der Waals surface area contributed by atoms with E-state index in [9.17, 15) is 37.9 Å². The Morgan fingerprint density at radius 1 is 0.577 bits per heavy atom. The van der Waals surface area contributed by atoms with E-state index in [0.717, 1.165) is 38.5 Å². The van der Waals surface area contributed by atoms with E-state index in [0.29, 0.717) is 12.8 Å². The van der Waals surface area contributed by atoms with Crippen molar-refractivity contribution < 1.29 is 56.8 Å². The van der Waals surface area contributed by atoms with E-state index < -0.39 is 71.2 Å². The number of aliphatic hydroxyl groups excluding tert-OH is 3. The van der Waals surface area contributed by atoms with E-state index in [1.807, 2.05) is 0 Å². The summed E-state index contributed by atoms with van der Waals surface area (Å²) in [5.74, 6) is -1.97. The van der Waals surface area contributed by atoms with Gasteiger partial charge in [-0.1, -0.05) is 155 Å². The van der Waals surface area contributed by atoms with Crippen LogP contribution in [0.5, 0.6) is 0 Å². The third-order valence-electron chi connectivity index (χ3n) is 9.69. The average molecular weight is 767 g/mol. The van der Waals surface area contributed by atoms with Crippen LogP contribution in [-0.2, 0) is 38.7 Å². The summed E-state index contributed by atoms with van der Waals surface area (Å²) in [5.41, 5.74) is 0. The number of carbonyl (C=O) groups is 2. The number of carbonyl (C=O) groups excluding carboxylic acids is 2. The fraction of sp³-hybridized carbons (Fsp3) is 0.949. The number of rotatable bonds is 34. The highest BCUT2D eigenvalue weighted by Gasteiger charge is 2.46. The van der Waals surface area contributed by atoms with Crippen LogP contribution in [0.15, 0.2) is 0 Å². The molecule has 0 aromatic rings. The van der Waals surface area contributed by atoms with Gasteiger partial charge in [0.2, 0.25) is 0 Å². The van der Waals surface area contributed by atoms with Crippen molar-refractivity contribution in [3.05, 3.63) is 0 Å². The zero-order valence-corrected chi connectivity index (χ0v) is 33.2. The minimum atomic E-state index is -4.59. The first-order valence-corrected chi connectivity index (χ1v) is 22.2. The molecule has 1 aliphatic heterocycles. The van der Waals surface area contributed by atoms with E-state index in [1.54, 1.807) is 0 Å². The number of ether oxygens (including phenoxy) is 4. The Balaban J connectivity index is 2.47. The maximum absolute atomic E-state index is 12.7. The van der Waals surface area contributed by atoms with Gasteiger partial charge in [-0.3, -0.25) is 14.1 Å². The highest BCUT2D eigenvalue weighted by molar-refractivity contribution is 7.85. The Kier molecular flexibility index (Phi) is 28.9. The molecule has 12 nitrogen and oxygen atoms in total. The van der Waals surface area contributed by atoms with Crippen LogP contribution in [0.1, 0.15) is 181 Å². The third-order valence-corrected chi connectivity index (χ3v) is 10.4. The van der Waals surface area contributed by atoms with Crippen molar-refractivity contribution in [2.24, 2.45) is 0 Å². The van der Waals surface area contributed by atoms with Gasteiger partial charge in [-0.25, -0.2) is 0 Å². The monoisotopic (exact) mass is 766 g/mol. The lowest BCUT2D eigenvalue weighted by Crippen LogP contribution is -2.60. The largest absolute Gasteiger partial charge is 0.462 e. The molecule has 0 bridgehead atoms. The van der Waals surface area contributed by atoms with Crippen LogP contribution < -0.4 is 0 Å². The molecule has 0 aliphatic carbocycles. The molecule has 52 heavy (non-hydrogen) atoms. The molecule has 1 saturated heterocycles. The summed E-state index contributed by atoms with van der Waals surface area (Å²) in [6.45, 7) is 3.73. The van der Waals surface area contributed by atoms with E-state index in [1.165, 1.54) is 103 Å². The average Bonchev–Trinajstić information content (AvgIpc) is 3.10. The standard InChI is InChI=1S/C39H74O12S/c1-3-5-7-9-11-13-14-15-16-17-18-20-22-24-26-28-35(41)50-32(29-48-34(40)27-25-23-21-19-12-10-8-6-4-2)30-49-39-38(44)37(43)36(42)33(51-39)31-52(45,46)47/h32-33,36-39,42-44H,3-31H2,1-2H3,(H,45,46,47). The molecule has 0 aromatic carbocycles. The summed E-state index contributed by atoms with van der Waals surface area (Å²) >= 11 is 0. The summed E-state index contributed by atoms with van der Waals surface area (Å²) in [6, 6.07) is 0. The van der Waals surface area contributed by atoms with E-state index in [4.69, 9.17) is 18.9 Å². The molecule has 308 valence electrons. The first kappa shape index (κ1) is 48.7. The predicted molar refractivity (Wildman–Crippen MR) is 201 cm³/mol. The predicted octanol–water partition coefficient (Wildman–Crippen LogP) is 7.34. The van der Waals surface area contributed by atoms with Gasteiger partial charge in [0.05, 0.1) is 6.61 Å². The highest BCUT2D eigenvalue weighted by atomic mass is 32.2. The Bertz CT molecular complexity index is 994. The van der Waals surface area contributed by atoms with Gasteiger partial charge in [-0.15, -0.1) is 0 Å². The van der Waals surface area contributed by atoms with Gasteiger partial charge < -0.3 is 34.3 Å². The second-order valence-electron chi connectivity index (χ2n) is 14.7. The molecule has 1 aliphatic rings. The van der Waals surface area contributed by atoms with Crippen LogP contribution in [0.3, 0.4) is 0 Å². The fourth-order valence-corrected chi connectivity index (χ4v) is 7.13. The highest BCUT2D eigenvalue weighted by Crippen LogP contribution is 2.24. The Morgan fingerprint density at radius 2 is 0.981 bits per heavy atom. The lowest BCUT2D eigenvalue weighted by Gasteiger charge is -2.40. The van der Waals surface area contributed by atoms with Gasteiger partial charge >= 0.3 is 11.9 Å². The van der Waals surface area contributed by atoms with Crippen molar-refractivity contribution in [2.75, 3.05) is 19.0 Å². The molecule has 1 rings (SSSR count). The van der Waals surface area contributed by atoms with Gasteiger partial charge in [0.1, 0.15) is 36.8 Å². The summed E-state index contributed by atoms with van der Waals surface area (Å²) in [6.07, 6.45) is 18.8. The van der Waals surface area contributed by atoms with Crippen LogP contribution in [-0.4, -0.2) is 96.0 Å². The van der Waals surface area contributed by atoms with Gasteiger partial charge in [0, 0.05) is 12.8 Å². The van der Waals surface area contributed by atoms with Gasteiger partial charge in [0.15, 0.2) is 12.4 Å². The first-order valence-electron chi connectivity index (χ1n) is 20.6. The van der Waals surface area contributed by atoms with Crippen molar-refractivity contribution in [1.82, 2.24) is 0 Å². The Labute approximate surface area is 314 Å². The van der Waals surface area contributed by atoms with Gasteiger partial charge in [0.25, 0.3) is 10.1 Å². The first-order chi connectivity index (χ1) is 25.0. The zero-order chi connectivity index (χ0) is 38.5. The van der Waals surface area contributed by atoms with Crippen molar-refractivity contribution in [2.45, 2.75) is 218 Å². The lowest BCUT2D eigenvalue weighted by molar-refractivity contribution is -0.297. The topological polar surface area (TPSA) is 186 Å². The minimum Gasteiger partial charge on any atom is -0.462 e. The van der Waals surface area contributed by atoms with Crippen LogP contribution in [0, 0.1) is 0 Å². The van der Waals surface area contributed by atoms with Crippen LogP contribution in [0.2, 0.25) is 0 Å². The van der Waals surface area contributed by atoms with Crippen molar-refractivity contribution in [3.8, 4) is 0 Å². The molecule has 0 spiro atoms. The van der Waals surface area contributed by atoms with Gasteiger partial charge in [-0.05, 0) is 12.8 Å². The summed E-state index contributed by atoms with van der Waals surface area (Å²) < 4.78 is 53.8. The van der Waals surface area contributed by atoms with Crippen LogP contribution in [0.4, 0.5) is 0 Å². The normalized spacial score (nSPS) is 21.2. The number of hydrogen-bond donors (Lipinski definition) is 4. The molecule has 1 heterocycles. The summed E-state index contributed by atoms with van der Waals surface area (Å²) in [7, 11) is -4.59. The maximum atomic E-state index is 12.7. The fourth-order valence-electron chi connectivity index (χ4n) is 6.44. The number of hydrogen-bond acceptors (Lipinski definition) is 11. The molecule has 0 aromatic heterocycles. The zero-order valence-electron chi connectivity index (χ0n) is 32.4. The number of unbranched alkanes of at least 4 members (excludes halogenated alkanes) is 22. The minimum absolute atomic E-state index is 0.172. The second-order valence-corrected chi connectivity index (χ2v) is 16.2. The van der Waals surface area contributed by atoms with E-state index in [2.05, 4.69) is 13.8 Å². The van der Waals surface area contributed by atoms with Crippen molar-refractivity contribution in [1.29, 1.82) is 0 Å². The second kappa shape index (κ2) is 30.9. The Hall–Kier alpha value is -1.35. The van der Waals surface area contributed by atoms with E-state index in [-0.39, 0.29) is 19.4 Å². The smallest absolute Gasteiger partial charge is 0.306 e. The number of aliphatic hydroxyl groups is 3. The van der Waals surface area contributed by atoms with Crippen LogP contribution in [0.25, 0.3) is 0 Å². The summed E-state index contributed by atoms with van der Waals surface area (Å²) in [5, 5.41) is 30.7. The molecular formula is C39H74O12S. The maximum Gasteiger partial charge on any atom is 0.306 e. The summed E-state index contributed by atoms with van der Waals surface area (Å²) in [4.78, 5) is 25.2. The van der Waals surface area contributed by atoms with Crippen LogP contribution >= 0.6 is 0 Å². The molecule has 6 unspecified atom stereocenters. The third kappa shape index (κ3) is 25.6. The van der Waals surface area contributed by atoms with Gasteiger partial charge in [-0.2, -0.15) is 8.42 Å². The SMILES string of the molecule is CCCCCCCCCCCCCCCCCC(=O)OC(COC(=O)CCCCCCCCCCC)COC1OC(CS(=O)(=O)O)C(O)C(O)C1O. The molecule has 6 atom stereocenters. The molecule has 0 radical (unpaired) electrons. The molecule has 0 amide bonds. The van der Waals surface area contributed by atoms with Crippen molar-refractivity contribution >= 4 is 22.1 Å². The lowest BCUT2D eigenvalue weighted by atomic mass is 10.00. The molecule has 4 N–H and O–H groups in total. The van der Waals surface area contributed by atoms with Crippen molar-refractivity contribution in [3.63, 3.8) is 0 Å². The molecular weight excluding hydrogens is 692 g/mol. The molecule has 1 fully saturated rings. The Morgan fingerprint density at radius 3 is 1.40 bits per heavy atom. The van der Waals surface area contributed by atoms with E-state index >= 15 is 0 Å². The number of esters is 2. The quantitative estimate of drug-likeness (QED) is 0.0291. The molecule has 13 heteroatoms. The molecule has 0 saturated carbocycles.